The number of Topliss-reactive ketones (excluding diaryl/α,β-unsaturated/α-hetero) is 1. The van der Waals surface area contributed by atoms with Crippen molar-refractivity contribution in [1.29, 1.82) is 0 Å². The second-order valence-electron chi connectivity index (χ2n) is 6.75. The quantitative estimate of drug-likeness (QED) is 0.639. The minimum absolute atomic E-state index is 0.00220. The Kier molecular flexibility index (Phi) is 3.80. The minimum atomic E-state index is -0.630. The van der Waals surface area contributed by atoms with E-state index >= 15 is 0 Å². The molecule has 0 saturated carbocycles. The molecule has 4 rings (SSSR count). The van der Waals surface area contributed by atoms with Crippen LogP contribution in [0.2, 0.25) is 5.02 Å². The van der Waals surface area contributed by atoms with Gasteiger partial charge in [0, 0.05) is 40.4 Å². The highest BCUT2D eigenvalue weighted by atomic mass is 35.5. The van der Waals surface area contributed by atoms with E-state index in [4.69, 9.17) is 11.6 Å². The third-order valence-corrected chi connectivity index (χ3v) is 5.06. The fourth-order valence-corrected chi connectivity index (χ4v) is 3.88. The van der Waals surface area contributed by atoms with Gasteiger partial charge in [0.2, 0.25) is 5.95 Å². The number of anilines is 1. The SMILES string of the molecule is Cc1nc2n(n1)[C@H](c1cc([N+](=O)[O-])ccc1Cl)C1=C(C[C@H](C)CC1=O)N2. The summed E-state index contributed by atoms with van der Waals surface area (Å²) in [6.07, 6.45) is 1.13. The Morgan fingerprint density at radius 1 is 1.38 bits per heavy atom. The molecule has 8 nitrogen and oxygen atoms in total. The fraction of sp³-hybridized carbons (Fsp3) is 0.353. The van der Waals surface area contributed by atoms with Gasteiger partial charge >= 0.3 is 0 Å². The highest BCUT2D eigenvalue weighted by molar-refractivity contribution is 6.31. The second kappa shape index (κ2) is 5.91. The van der Waals surface area contributed by atoms with Crippen LogP contribution in [0.25, 0.3) is 0 Å². The summed E-state index contributed by atoms with van der Waals surface area (Å²) in [5, 5.41) is 19.2. The van der Waals surface area contributed by atoms with Crippen molar-refractivity contribution < 1.29 is 9.72 Å². The molecule has 134 valence electrons. The summed E-state index contributed by atoms with van der Waals surface area (Å²) in [7, 11) is 0. The Labute approximate surface area is 154 Å². The van der Waals surface area contributed by atoms with E-state index in [-0.39, 0.29) is 17.4 Å². The van der Waals surface area contributed by atoms with Crippen molar-refractivity contribution in [1.82, 2.24) is 14.8 Å². The number of rotatable bonds is 2. The Hall–Kier alpha value is -2.74. The van der Waals surface area contributed by atoms with Crippen LogP contribution in [0.15, 0.2) is 29.5 Å². The lowest BCUT2D eigenvalue weighted by Crippen LogP contribution is -2.33. The summed E-state index contributed by atoms with van der Waals surface area (Å²) in [4.78, 5) is 28.0. The molecule has 0 saturated heterocycles. The van der Waals surface area contributed by atoms with Gasteiger partial charge < -0.3 is 5.32 Å². The predicted molar refractivity (Wildman–Crippen MR) is 95.1 cm³/mol. The van der Waals surface area contributed by atoms with Crippen LogP contribution in [0.4, 0.5) is 11.6 Å². The van der Waals surface area contributed by atoms with E-state index in [1.165, 1.54) is 18.2 Å². The molecule has 0 amide bonds. The highest BCUT2D eigenvalue weighted by Crippen LogP contribution is 2.43. The second-order valence-corrected chi connectivity index (χ2v) is 7.15. The lowest BCUT2D eigenvalue weighted by atomic mass is 9.81. The Morgan fingerprint density at radius 2 is 2.15 bits per heavy atom. The zero-order valence-electron chi connectivity index (χ0n) is 14.2. The molecule has 9 heteroatoms. The van der Waals surface area contributed by atoms with Crippen molar-refractivity contribution >= 4 is 29.0 Å². The van der Waals surface area contributed by atoms with Crippen LogP contribution in [0, 0.1) is 23.0 Å². The third-order valence-electron chi connectivity index (χ3n) is 4.71. The predicted octanol–water partition coefficient (Wildman–Crippen LogP) is 3.42. The summed E-state index contributed by atoms with van der Waals surface area (Å²) in [5.41, 5.74) is 1.74. The number of nitro groups is 1. The van der Waals surface area contributed by atoms with Gasteiger partial charge in [-0.1, -0.05) is 18.5 Å². The maximum Gasteiger partial charge on any atom is 0.269 e. The molecule has 0 unspecified atom stereocenters. The van der Waals surface area contributed by atoms with Crippen molar-refractivity contribution in [2.24, 2.45) is 5.92 Å². The van der Waals surface area contributed by atoms with Gasteiger partial charge in [0.15, 0.2) is 5.78 Å². The number of fused-ring (bicyclic) bond motifs is 1. The number of allylic oxidation sites excluding steroid dienone is 2. The van der Waals surface area contributed by atoms with Gasteiger partial charge in [0.1, 0.15) is 11.9 Å². The van der Waals surface area contributed by atoms with Gasteiger partial charge in [-0.2, -0.15) is 10.1 Å². The highest BCUT2D eigenvalue weighted by Gasteiger charge is 2.39. The first-order valence-corrected chi connectivity index (χ1v) is 8.63. The number of aromatic nitrogens is 3. The van der Waals surface area contributed by atoms with Crippen LogP contribution >= 0.6 is 11.6 Å². The number of nitrogens with one attached hydrogen (secondary N) is 1. The molecular formula is C17H16ClN5O3. The molecule has 26 heavy (non-hydrogen) atoms. The maximum absolute atomic E-state index is 12.8. The standard InChI is InChI=1S/C17H16ClN5O3/c1-8-5-13-15(14(24)6-8)16(22-17(20-13)19-9(2)21-22)11-7-10(23(25)26)3-4-12(11)18/h3-4,7-8,16H,5-6H2,1-2H3,(H,19,20,21)/t8-,16+/m0/s1. The van der Waals surface area contributed by atoms with Gasteiger partial charge in [0.25, 0.3) is 5.69 Å². The van der Waals surface area contributed by atoms with Gasteiger partial charge in [-0.3, -0.25) is 14.9 Å². The molecule has 2 atom stereocenters. The van der Waals surface area contributed by atoms with E-state index in [1.54, 1.807) is 11.6 Å². The summed E-state index contributed by atoms with van der Waals surface area (Å²) in [6.45, 7) is 3.77. The van der Waals surface area contributed by atoms with Crippen molar-refractivity contribution in [2.75, 3.05) is 5.32 Å². The largest absolute Gasteiger partial charge is 0.328 e. The minimum Gasteiger partial charge on any atom is -0.328 e. The summed E-state index contributed by atoms with van der Waals surface area (Å²) in [5.74, 6) is 1.26. The van der Waals surface area contributed by atoms with Gasteiger partial charge in [-0.05, 0) is 25.3 Å². The van der Waals surface area contributed by atoms with Crippen LogP contribution in [-0.4, -0.2) is 25.5 Å². The first-order chi connectivity index (χ1) is 12.3. The Balaban J connectivity index is 1.96. The summed E-state index contributed by atoms with van der Waals surface area (Å²) in [6, 6.07) is 3.61. The van der Waals surface area contributed by atoms with Gasteiger partial charge in [0.05, 0.1) is 4.92 Å². The zero-order valence-corrected chi connectivity index (χ0v) is 14.9. The van der Waals surface area contributed by atoms with Crippen molar-refractivity contribution in [3.8, 4) is 0 Å². The fourth-order valence-electron chi connectivity index (χ4n) is 3.66. The van der Waals surface area contributed by atoms with E-state index in [0.717, 1.165) is 5.70 Å². The number of nitro benzene ring substituents is 1. The average Bonchev–Trinajstić information content (AvgIpc) is 2.92. The number of benzene rings is 1. The number of hydrogen-bond acceptors (Lipinski definition) is 6. The number of halogens is 1. The van der Waals surface area contributed by atoms with Gasteiger partial charge in [-0.25, -0.2) is 4.68 Å². The van der Waals surface area contributed by atoms with E-state index in [9.17, 15) is 14.9 Å². The molecule has 1 N–H and O–H groups in total. The third kappa shape index (κ3) is 2.57. The lowest BCUT2D eigenvalue weighted by molar-refractivity contribution is -0.384. The molecule has 2 aromatic rings. The van der Waals surface area contributed by atoms with Crippen molar-refractivity contribution in [2.45, 2.75) is 32.7 Å². The molecule has 1 aliphatic carbocycles. The van der Waals surface area contributed by atoms with E-state index in [2.05, 4.69) is 15.4 Å². The molecule has 1 aromatic carbocycles. The van der Waals surface area contributed by atoms with E-state index in [1.807, 2.05) is 6.92 Å². The lowest BCUT2D eigenvalue weighted by Gasteiger charge is -2.34. The Bertz CT molecular complexity index is 981. The molecule has 2 heterocycles. The van der Waals surface area contributed by atoms with Crippen LogP contribution in [0.1, 0.15) is 37.2 Å². The normalized spacial score (nSPS) is 21.9. The monoisotopic (exact) mass is 373 g/mol. The molecule has 0 fully saturated rings. The van der Waals surface area contributed by atoms with E-state index < -0.39 is 11.0 Å². The first kappa shape index (κ1) is 16.7. The number of ketones is 1. The number of carbonyl (C=O) groups is 1. The van der Waals surface area contributed by atoms with Crippen LogP contribution in [-0.2, 0) is 4.79 Å². The van der Waals surface area contributed by atoms with E-state index in [0.29, 0.717) is 40.8 Å². The molecule has 0 bridgehead atoms. The van der Waals surface area contributed by atoms with Crippen LogP contribution < -0.4 is 5.32 Å². The molecule has 0 spiro atoms. The Morgan fingerprint density at radius 3 is 2.88 bits per heavy atom. The van der Waals surface area contributed by atoms with Crippen LogP contribution in [0.5, 0.6) is 0 Å². The molecule has 0 radical (unpaired) electrons. The number of nitrogens with zero attached hydrogens (tertiary/aromatic N) is 4. The van der Waals surface area contributed by atoms with Gasteiger partial charge in [-0.15, -0.1) is 0 Å². The number of hydrogen-bond donors (Lipinski definition) is 1. The molecule has 1 aromatic heterocycles. The first-order valence-electron chi connectivity index (χ1n) is 8.25. The molecule has 1 aliphatic heterocycles. The number of aryl methyl sites for hydroxylation is 1. The number of non-ortho nitro benzene ring substituents is 1. The topological polar surface area (TPSA) is 103 Å². The number of carbonyl (C=O) groups excluding carboxylic acids is 1. The van der Waals surface area contributed by atoms with Crippen molar-refractivity contribution in [3.63, 3.8) is 0 Å². The average molecular weight is 374 g/mol. The smallest absolute Gasteiger partial charge is 0.269 e. The zero-order chi connectivity index (χ0) is 18.6. The molecular weight excluding hydrogens is 358 g/mol. The summed E-state index contributed by atoms with van der Waals surface area (Å²) < 4.78 is 1.59. The maximum atomic E-state index is 12.8. The van der Waals surface area contributed by atoms with Crippen LogP contribution in [0.3, 0.4) is 0 Å². The summed E-state index contributed by atoms with van der Waals surface area (Å²) >= 11 is 6.38. The molecule has 2 aliphatic rings. The van der Waals surface area contributed by atoms with Crippen molar-refractivity contribution in [3.05, 3.63) is 56.0 Å².